The van der Waals surface area contributed by atoms with Crippen molar-refractivity contribution < 1.29 is 11.2 Å². The summed E-state index contributed by atoms with van der Waals surface area (Å²) < 4.78 is 14.1. The van der Waals surface area contributed by atoms with Crippen LogP contribution in [0.3, 0.4) is 0 Å². The van der Waals surface area contributed by atoms with Crippen LogP contribution in [0.2, 0.25) is 0 Å². The van der Waals surface area contributed by atoms with Gasteiger partial charge in [0, 0.05) is 17.5 Å². The van der Waals surface area contributed by atoms with E-state index in [1.807, 2.05) is 36.4 Å². The average Bonchev–Trinajstić information content (AvgIpc) is 2.43. The minimum atomic E-state index is 0.131. The first-order chi connectivity index (χ1) is 9.22. The molecule has 0 radical (unpaired) electrons. The molecule has 0 saturated heterocycles. The summed E-state index contributed by atoms with van der Waals surface area (Å²) in [5.41, 5.74) is 1.97. The minimum absolute atomic E-state index is 0.131. The summed E-state index contributed by atoms with van der Waals surface area (Å²) in [7, 11) is 0. The van der Waals surface area contributed by atoms with E-state index in [1.54, 1.807) is 6.07 Å². The fraction of sp³-hybridized carbons (Fsp3) is 0.200. The third kappa shape index (κ3) is 3.34. The Kier molecular flexibility index (Phi) is 4.29. The highest BCUT2D eigenvalue weighted by Crippen LogP contribution is 2.30. The van der Waals surface area contributed by atoms with E-state index in [-0.39, 0.29) is 6.61 Å². The maximum absolute atomic E-state index is 8.74. The van der Waals surface area contributed by atoms with Crippen molar-refractivity contribution in [2.45, 2.75) is 6.42 Å². The van der Waals surface area contributed by atoms with Crippen LogP contribution in [0.5, 0.6) is 5.75 Å². The zero-order valence-electron chi connectivity index (χ0n) is 10.9. The lowest BCUT2D eigenvalue weighted by atomic mass is 10.1. The van der Waals surface area contributed by atoms with Crippen molar-refractivity contribution >= 4 is 15.9 Å². The van der Waals surface area contributed by atoms with Crippen LogP contribution in [0.15, 0.2) is 53.0 Å². The van der Waals surface area contributed by atoms with Gasteiger partial charge in [-0.25, -0.2) is 0 Å². The molecule has 0 aromatic heterocycles. The van der Waals surface area contributed by atoms with Gasteiger partial charge in [0.25, 0.3) is 0 Å². The summed E-state index contributed by atoms with van der Waals surface area (Å²) in [6.45, 7) is 0.631. The summed E-state index contributed by atoms with van der Waals surface area (Å²) in [6, 6.07) is 13.8. The van der Waals surface area contributed by atoms with Crippen molar-refractivity contribution in [2.24, 2.45) is 0 Å². The molecule has 3 heteroatoms. The summed E-state index contributed by atoms with van der Waals surface area (Å²) in [5.74, 6) is 0.772. The number of halogens is 1. The van der Waals surface area contributed by atoms with Crippen molar-refractivity contribution in [3.05, 3.63) is 53.0 Å². The molecule has 0 spiro atoms. The maximum Gasteiger partial charge on any atom is 0.119 e. The predicted octanol–water partition coefficient (Wildman–Crippen LogP) is 3.88. The Hall–Kier alpha value is -1.32. The molecule has 94 valence electrons. The third-order valence-electron chi connectivity index (χ3n) is 2.52. The van der Waals surface area contributed by atoms with Crippen LogP contribution in [-0.4, -0.2) is 18.3 Å². The SMILES string of the molecule is [2H]c1cccc(-c2cccc(OCCCO)c2)c1Br. The predicted molar refractivity (Wildman–Crippen MR) is 76.8 cm³/mol. The number of aliphatic hydroxyl groups excluding tert-OH is 1. The molecule has 2 aromatic carbocycles. The molecule has 0 aliphatic carbocycles. The lowest BCUT2D eigenvalue weighted by Crippen LogP contribution is -1.99. The van der Waals surface area contributed by atoms with Crippen molar-refractivity contribution in [2.75, 3.05) is 13.2 Å². The Morgan fingerprint density at radius 3 is 2.94 bits per heavy atom. The molecule has 2 aromatic rings. The first-order valence-electron chi connectivity index (χ1n) is 6.31. The molecule has 0 aliphatic rings. The summed E-state index contributed by atoms with van der Waals surface area (Å²) in [4.78, 5) is 0. The van der Waals surface area contributed by atoms with Crippen LogP contribution >= 0.6 is 15.9 Å². The maximum atomic E-state index is 8.74. The van der Waals surface area contributed by atoms with Crippen LogP contribution < -0.4 is 4.74 Å². The number of ether oxygens (including phenoxy) is 1. The summed E-state index contributed by atoms with van der Waals surface area (Å²) >= 11 is 3.44. The largest absolute Gasteiger partial charge is 0.493 e. The number of rotatable bonds is 5. The number of aliphatic hydroxyl groups is 1. The van der Waals surface area contributed by atoms with Gasteiger partial charge in [0.05, 0.1) is 7.98 Å². The van der Waals surface area contributed by atoms with Crippen molar-refractivity contribution in [3.8, 4) is 16.9 Å². The van der Waals surface area contributed by atoms with E-state index in [1.165, 1.54) is 0 Å². The van der Waals surface area contributed by atoms with Crippen LogP contribution in [0.4, 0.5) is 0 Å². The second-order valence-corrected chi connectivity index (χ2v) is 4.64. The standard InChI is InChI=1S/C15H15BrO2/c16-15-8-2-1-7-14(15)12-5-3-6-13(11-12)18-10-4-9-17/h1-3,5-8,11,17H,4,9-10H2/i8D. The molecule has 1 N–H and O–H groups in total. The zero-order chi connectivity index (χ0) is 13.7. The fourth-order valence-corrected chi connectivity index (χ4v) is 2.14. The Labute approximate surface area is 117 Å². The van der Waals surface area contributed by atoms with Crippen LogP contribution in [0, 0.1) is 0 Å². The smallest absolute Gasteiger partial charge is 0.119 e. The van der Waals surface area contributed by atoms with Gasteiger partial charge in [0.15, 0.2) is 0 Å². The van der Waals surface area contributed by atoms with E-state index in [9.17, 15) is 0 Å². The molecule has 0 aliphatic heterocycles. The Balaban J connectivity index is 2.25. The van der Waals surface area contributed by atoms with Gasteiger partial charge >= 0.3 is 0 Å². The highest BCUT2D eigenvalue weighted by atomic mass is 79.9. The molecule has 18 heavy (non-hydrogen) atoms. The Bertz CT molecular complexity index is 558. The van der Waals surface area contributed by atoms with Crippen molar-refractivity contribution in [1.82, 2.24) is 0 Å². The van der Waals surface area contributed by atoms with Gasteiger partial charge in [-0.1, -0.05) is 46.3 Å². The lowest BCUT2D eigenvalue weighted by molar-refractivity contribution is 0.233. The fourth-order valence-electron chi connectivity index (χ4n) is 1.65. The molecular formula is C15H15BrO2. The van der Waals surface area contributed by atoms with E-state index in [2.05, 4.69) is 15.9 Å². The summed E-state index contributed by atoms with van der Waals surface area (Å²) in [6.07, 6.45) is 0.621. The third-order valence-corrected chi connectivity index (χ3v) is 3.18. The molecule has 0 saturated carbocycles. The van der Waals surface area contributed by atoms with Crippen LogP contribution in [0.1, 0.15) is 7.79 Å². The van der Waals surface area contributed by atoms with Gasteiger partial charge in [-0.15, -0.1) is 0 Å². The monoisotopic (exact) mass is 307 g/mol. The molecule has 0 unspecified atom stereocenters. The van der Waals surface area contributed by atoms with E-state index < -0.39 is 0 Å². The highest BCUT2D eigenvalue weighted by molar-refractivity contribution is 9.10. The quantitative estimate of drug-likeness (QED) is 0.850. The highest BCUT2D eigenvalue weighted by Gasteiger charge is 2.03. The first kappa shape index (κ1) is 11.8. The molecule has 2 rings (SSSR count). The molecule has 0 amide bonds. The Morgan fingerprint density at radius 1 is 1.22 bits per heavy atom. The van der Waals surface area contributed by atoms with Gasteiger partial charge < -0.3 is 9.84 Å². The molecular weight excluding hydrogens is 292 g/mol. The average molecular weight is 308 g/mol. The van der Waals surface area contributed by atoms with Gasteiger partial charge in [-0.3, -0.25) is 0 Å². The van der Waals surface area contributed by atoms with Crippen LogP contribution in [0.25, 0.3) is 11.1 Å². The zero-order valence-corrected chi connectivity index (χ0v) is 11.5. The van der Waals surface area contributed by atoms with Crippen molar-refractivity contribution in [3.63, 3.8) is 0 Å². The number of hydrogen-bond acceptors (Lipinski definition) is 2. The molecule has 0 heterocycles. The molecule has 0 bridgehead atoms. The van der Waals surface area contributed by atoms with E-state index in [0.717, 1.165) is 21.3 Å². The Morgan fingerprint density at radius 2 is 2.11 bits per heavy atom. The van der Waals surface area contributed by atoms with Gasteiger partial charge in [0.2, 0.25) is 0 Å². The van der Waals surface area contributed by atoms with E-state index >= 15 is 0 Å². The number of hydrogen-bond donors (Lipinski definition) is 1. The minimum Gasteiger partial charge on any atom is -0.493 e. The summed E-state index contributed by atoms with van der Waals surface area (Å²) in [5, 5.41) is 8.74. The van der Waals surface area contributed by atoms with Gasteiger partial charge in [-0.05, 0) is 29.3 Å². The lowest BCUT2D eigenvalue weighted by Gasteiger charge is -2.08. The molecule has 0 fully saturated rings. The molecule has 2 nitrogen and oxygen atoms in total. The van der Waals surface area contributed by atoms with Gasteiger partial charge in [0.1, 0.15) is 5.75 Å². The topological polar surface area (TPSA) is 29.5 Å². The molecule has 0 atom stereocenters. The van der Waals surface area contributed by atoms with E-state index in [0.29, 0.717) is 19.1 Å². The normalized spacial score (nSPS) is 11.1. The first-order valence-corrected chi connectivity index (χ1v) is 6.61. The van der Waals surface area contributed by atoms with Gasteiger partial charge in [-0.2, -0.15) is 0 Å². The van der Waals surface area contributed by atoms with E-state index in [4.69, 9.17) is 11.2 Å². The number of benzene rings is 2. The van der Waals surface area contributed by atoms with Crippen molar-refractivity contribution in [1.29, 1.82) is 0 Å². The van der Waals surface area contributed by atoms with Crippen LogP contribution in [-0.2, 0) is 0 Å². The second kappa shape index (κ2) is 6.57. The second-order valence-electron chi connectivity index (χ2n) is 3.85.